The van der Waals surface area contributed by atoms with Crippen LogP contribution in [0.5, 0.6) is 0 Å². The maximum absolute atomic E-state index is 12.1. The Morgan fingerprint density at radius 1 is 1.12 bits per heavy atom. The molecule has 3 aromatic rings. The zero-order valence-electron chi connectivity index (χ0n) is 14.1. The van der Waals surface area contributed by atoms with Gasteiger partial charge in [-0.1, -0.05) is 12.1 Å². The lowest BCUT2D eigenvalue weighted by atomic mass is 10.1. The van der Waals surface area contributed by atoms with Crippen molar-refractivity contribution in [2.45, 2.75) is 26.3 Å². The van der Waals surface area contributed by atoms with Crippen molar-refractivity contribution >= 4 is 39.1 Å². The highest BCUT2D eigenvalue weighted by atomic mass is 32.1. The van der Waals surface area contributed by atoms with Crippen LogP contribution < -0.4 is 10.6 Å². The standard InChI is InChI=1S/C19H19N3O2S/c1-12(11-18-22-16-5-3-4-6-17(16)25-18)20-19(24)21-15-9-7-14(8-10-15)13(2)23/h3-10,12H,11H2,1-2H3,(H2,20,21,24)/t12-/m0/s1. The van der Waals surface area contributed by atoms with Gasteiger partial charge >= 0.3 is 6.03 Å². The van der Waals surface area contributed by atoms with Gasteiger partial charge in [0.05, 0.1) is 15.2 Å². The van der Waals surface area contributed by atoms with Crippen LogP contribution in [0.1, 0.15) is 29.2 Å². The fourth-order valence-corrected chi connectivity index (χ4v) is 3.60. The van der Waals surface area contributed by atoms with Crippen LogP contribution in [0.4, 0.5) is 10.5 Å². The molecule has 5 nitrogen and oxygen atoms in total. The molecule has 0 aliphatic carbocycles. The van der Waals surface area contributed by atoms with Gasteiger partial charge in [-0.3, -0.25) is 4.79 Å². The molecule has 1 aromatic heterocycles. The first-order valence-electron chi connectivity index (χ1n) is 8.04. The molecule has 0 bridgehead atoms. The van der Waals surface area contributed by atoms with Crippen LogP contribution in [-0.4, -0.2) is 22.8 Å². The molecule has 6 heteroatoms. The second-order valence-corrected chi connectivity index (χ2v) is 7.03. The smallest absolute Gasteiger partial charge is 0.319 e. The summed E-state index contributed by atoms with van der Waals surface area (Å²) in [5.41, 5.74) is 2.26. The molecule has 0 radical (unpaired) electrons. The number of fused-ring (bicyclic) bond motifs is 1. The van der Waals surface area contributed by atoms with Crippen molar-refractivity contribution in [1.82, 2.24) is 10.3 Å². The molecule has 2 amide bonds. The molecule has 25 heavy (non-hydrogen) atoms. The van der Waals surface area contributed by atoms with Gasteiger partial charge in [0, 0.05) is 23.7 Å². The highest BCUT2D eigenvalue weighted by Crippen LogP contribution is 2.22. The minimum atomic E-state index is -0.274. The molecule has 0 aliphatic rings. The molecular weight excluding hydrogens is 334 g/mol. The van der Waals surface area contributed by atoms with E-state index in [-0.39, 0.29) is 17.9 Å². The van der Waals surface area contributed by atoms with Crippen LogP contribution in [0, 0.1) is 0 Å². The van der Waals surface area contributed by atoms with Crippen LogP contribution in [0.15, 0.2) is 48.5 Å². The van der Waals surface area contributed by atoms with Crippen LogP contribution in [0.2, 0.25) is 0 Å². The fraction of sp³-hybridized carbons (Fsp3) is 0.211. The number of carbonyl (C=O) groups excluding carboxylic acids is 2. The first kappa shape index (κ1) is 17.1. The predicted molar refractivity (Wildman–Crippen MR) is 101 cm³/mol. The molecule has 0 spiro atoms. The third kappa shape index (κ3) is 4.42. The Morgan fingerprint density at radius 3 is 2.52 bits per heavy atom. The van der Waals surface area contributed by atoms with E-state index in [1.54, 1.807) is 35.6 Å². The molecule has 2 N–H and O–H groups in total. The first-order valence-corrected chi connectivity index (χ1v) is 8.86. The summed E-state index contributed by atoms with van der Waals surface area (Å²) in [6, 6.07) is 14.5. The molecule has 0 saturated carbocycles. The molecule has 0 fully saturated rings. The zero-order valence-corrected chi connectivity index (χ0v) is 14.9. The number of aromatic nitrogens is 1. The average Bonchev–Trinajstić information content (AvgIpc) is 2.97. The van der Waals surface area contributed by atoms with E-state index in [4.69, 9.17) is 0 Å². The molecule has 1 heterocycles. The van der Waals surface area contributed by atoms with Crippen LogP contribution in [0.25, 0.3) is 10.2 Å². The lowest BCUT2D eigenvalue weighted by Gasteiger charge is -2.13. The number of thiazole rings is 1. The van der Waals surface area contributed by atoms with Gasteiger partial charge in [-0.05, 0) is 50.2 Å². The molecule has 0 saturated heterocycles. The number of para-hydroxylation sites is 1. The number of hydrogen-bond donors (Lipinski definition) is 2. The van der Waals surface area contributed by atoms with Gasteiger partial charge in [-0.25, -0.2) is 9.78 Å². The topological polar surface area (TPSA) is 71.1 Å². The Kier molecular flexibility index (Phi) is 5.09. The molecule has 3 rings (SSSR count). The zero-order chi connectivity index (χ0) is 17.8. The van der Waals surface area contributed by atoms with Crippen molar-refractivity contribution in [3.8, 4) is 0 Å². The number of hydrogen-bond acceptors (Lipinski definition) is 4. The number of urea groups is 1. The maximum Gasteiger partial charge on any atom is 0.319 e. The van der Waals surface area contributed by atoms with E-state index >= 15 is 0 Å². The number of Topliss-reactive ketones (excluding diaryl/α,β-unsaturated/α-hetero) is 1. The molecular formula is C19H19N3O2S. The van der Waals surface area contributed by atoms with Crippen molar-refractivity contribution in [3.05, 3.63) is 59.1 Å². The molecule has 1 atom stereocenters. The number of ketones is 1. The Labute approximate surface area is 150 Å². The van der Waals surface area contributed by atoms with Gasteiger partial charge in [0.2, 0.25) is 0 Å². The van der Waals surface area contributed by atoms with Crippen molar-refractivity contribution < 1.29 is 9.59 Å². The summed E-state index contributed by atoms with van der Waals surface area (Å²) >= 11 is 1.65. The van der Waals surface area contributed by atoms with E-state index in [1.165, 1.54) is 6.92 Å². The van der Waals surface area contributed by atoms with Gasteiger partial charge in [-0.15, -0.1) is 11.3 Å². The number of benzene rings is 2. The van der Waals surface area contributed by atoms with E-state index in [1.807, 2.05) is 31.2 Å². The summed E-state index contributed by atoms with van der Waals surface area (Å²) in [5.74, 6) is 0.000425. The Bertz CT molecular complexity index is 869. The van der Waals surface area contributed by atoms with Gasteiger partial charge in [0.15, 0.2) is 5.78 Å². The summed E-state index contributed by atoms with van der Waals surface area (Å²) in [6.07, 6.45) is 0.677. The van der Waals surface area contributed by atoms with Crippen molar-refractivity contribution in [1.29, 1.82) is 0 Å². The highest BCUT2D eigenvalue weighted by Gasteiger charge is 2.11. The van der Waals surface area contributed by atoms with Crippen LogP contribution >= 0.6 is 11.3 Å². The van der Waals surface area contributed by atoms with Gasteiger partial charge < -0.3 is 10.6 Å². The lowest BCUT2D eigenvalue weighted by Crippen LogP contribution is -2.37. The number of amides is 2. The quantitative estimate of drug-likeness (QED) is 0.674. The maximum atomic E-state index is 12.1. The largest absolute Gasteiger partial charge is 0.335 e. The number of anilines is 1. The Morgan fingerprint density at radius 2 is 1.84 bits per heavy atom. The Balaban J connectivity index is 1.55. The molecule has 0 aliphatic heterocycles. The highest BCUT2D eigenvalue weighted by molar-refractivity contribution is 7.18. The average molecular weight is 353 g/mol. The normalized spacial score (nSPS) is 11.9. The summed E-state index contributed by atoms with van der Waals surface area (Å²) in [4.78, 5) is 27.9. The molecule has 128 valence electrons. The minimum Gasteiger partial charge on any atom is -0.335 e. The summed E-state index contributed by atoms with van der Waals surface area (Å²) in [6.45, 7) is 3.46. The fourth-order valence-electron chi connectivity index (χ4n) is 2.50. The second-order valence-electron chi connectivity index (χ2n) is 5.91. The SMILES string of the molecule is CC(=O)c1ccc(NC(=O)N[C@@H](C)Cc2nc3ccccc3s2)cc1. The van der Waals surface area contributed by atoms with Gasteiger partial charge in [0.25, 0.3) is 0 Å². The van der Waals surface area contributed by atoms with Crippen LogP contribution in [-0.2, 0) is 6.42 Å². The van der Waals surface area contributed by atoms with Gasteiger partial charge in [0.1, 0.15) is 0 Å². The number of carbonyl (C=O) groups is 2. The van der Waals surface area contributed by atoms with E-state index in [2.05, 4.69) is 15.6 Å². The van der Waals surface area contributed by atoms with Crippen LogP contribution in [0.3, 0.4) is 0 Å². The number of nitrogens with zero attached hydrogens (tertiary/aromatic N) is 1. The van der Waals surface area contributed by atoms with E-state index in [0.717, 1.165) is 15.2 Å². The van der Waals surface area contributed by atoms with Gasteiger partial charge in [-0.2, -0.15) is 0 Å². The van der Waals surface area contributed by atoms with Crippen molar-refractivity contribution in [2.24, 2.45) is 0 Å². The summed E-state index contributed by atoms with van der Waals surface area (Å²) < 4.78 is 1.15. The third-order valence-corrected chi connectivity index (χ3v) is 4.80. The monoisotopic (exact) mass is 353 g/mol. The number of rotatable bonds is 5. The predicted octanol–water partition coefficient (Wildman–Crippen LogP) is 4.25. The third-order valence-electron chi connectivity index (χ3n) is 3.75. The van der Waals surface area contributed by atoms with E-state index < -0.39 is 0 Å². The minimum absolute atomic E-state index is 0.000425. The lowest BCUT2D eigenvalue weighted by molar-refractivity contribution is 0.101. The van der Waals surface area contributed by atoms with Crippen molar-refractivity contribution in [2.75, 3.05) is 5.32 Å². The Hall–Kier alpha value is -2.73. The second kappa shape index (κ2) is 7.44. The van der Waals surface area contributed by atoms with E-state index in [0.29, 0.717) is 17.7 Å². The summed E-state index contributed by atoms with van der Waals surface area (Å²) in [5, 5.41) is 6.68. The van der Waals surface area contributed by atoms with E-state index in [9.17, 15) is 9.59 Å². The first-order chi connectivity index (χ1) is 12.0. The summed E-state index contributed by atoms with van der Waals surface area (Å²) in [7, 11) is 0. The van der Waals surface area contributed by atoms with Crippen molar-refractivity contribution in [3.63, 3.8) is 0 Å². The molecule has 2 aromatic carbocycles. The molecule has 0 unspecified atom stereocenters. The number of nitrogens with one attached hydrogen (secondary N) is 2.